The fourth-order valence-corrected chi connectivity index (χ4v) is 1.62. The Bertz CT molecular complexity index is 257. The third-order valence-corrected chi connectivity index (χ3v) is 3.45. The van der Waals surface area contributed by atoms with E-state index in [1.807, 2.05) is 6.92 Å². The molecule has 0 unspecified atom stereocenters. The quantitative estimate of drug-likeness (QED) is 0.832. The molecule has 0 spiro atoms. The smallest absolute Gasteiger partial charge is 0.209 e. The predicted octanol–water partition coefficient (Wildman–Crippen LogP) is 2.44. The van der Waals surface area contributed by atoms with Gasteiger partial charge in [0.25, 0.3) is 0 Å². The summed E-state index contributed by atoms with van der Waals surface area (Å²) < 4.78 is 2.35. The van der Waals surface area contributed by atoms with E-state index in [1.54, 1.807) is 0 Å². The molecule has 0 aliphatic rings. The molecule has 0 fully saturated rings. The zero-order valence-electron chi connectivity index (χ0n) is 5.80. The van der Waals surface area contributed by atoms with E-state index in [2.05, 4.69) is 31.9 Å². The summed E-state index contributed by atoms with van der Waals surface area (Å²) in [7, 11) is 0. The molecule has 1 aromatic heterocycles. The molecule has 0 atom stereocenters. The average Bonchev–Trinajstić information content (AvgIpc) is 2.17. The maximum atomic E-state index is 9.33. The second kappa shape index (κ2) is 3.06. The van der Waals surface area contributed by atoms with Crippen LogP contribution in [-0.2, 0) is 6.54 Å². The molecular formula is C6H7Br2NO2. The van der Waals surface area contributed by atoms with Crippen molar-refractivity contribution in [1.82, 2.24) is 4.57 Å². The molecule has 3 nitrogen and oxygen atoms in total. The third kappa shape index (κ3) is 1.27. The minimum Gasteiger partial charge on any atom is -0.494 e. The topological polar surface area (TPSA) is 45.4 Å². The van der Waals surface area contributed by atoms with Crippen LogP contribution in [0.4, 0.5) is 0 Å². The SMILES string of the molecule is CCn1c(O)c(Br)c(Br)c1O. The number of hydrogen-bond acceptors (Lipinski definition) is 2. The normalized spacial score (nSPS) is 10.5. The molecule has 0 aliphatic heterocycles. The summed E-state index contributed by atoms with van der Waals surface area (Å²) in [5.74, 6) is 0.0775. The zero-order chi connectivity index (χ0) is 8.59. The lowest BCUT2D eigenvalue weighted by molar-refractivity contribution is 0.371. The highest BCUT2D eigenvalue weighted by Gasteiger charge is 2.16. The molecule has 11 heavy (non-hydrogen) atoms. The van der Waals surface area contributed by atoms with Gasteiger partial charge in [-0.3, -0.25) is 4.57 Å². The number of hydrogen-bond donors (Lipinski definition) is 2. The fourth-order valence-electron chi connectivity index (χ4n) is 0.833. The van der Waals surface area contributed by atoms with Gasteiger partial charge >= 0.3 is 0 Å². The number of rotatable bonds is 1. The summed E-state index contributed by atoms with van der Waals surface area (Å²) in [6.45, 7) is 2.36. The van der Waals surface area contributed by atoms with Gasteiger partial charge in [0, 0.05) is 6.54 Å². The molecule has 2 N–H and O–H groups in total. The Morgan fingerprint density at radius 2 is 1.55 bits per heavy atom. The Hall–Kier alpha value is -0.160. The Balaban J connectivity index is 3.36. The number of aromatic hydroxyl groups is 2. The lowest BCUT2D eigenvalue weighted by atomic mass is 10.6. The van der Waals surface area contributed by atoms with Crippen molar-refractivity contribution in [3.8, 4) is 11.8 Å². The summed E-state index contributed by atoms with van der Waals surface area (Å²) in [4.78, 5) is 0. The second-order valence-corrected chi connectivity index (χ2v) is 3.61. The number of aromatic nitrogens is 1. The molecule has 5 heteroatoms. The van der Waals surface area contributed by atoms with Gasteiger partial charge in [-0.2, -0.15) is 0 Å². The van der Waals surface area contributed by atoms with Gasteiger partial charge in [-0.15, -0.1) is 0 Å². The molecule has 1 aromatic rings. The maximum absolute atomic E-state index is 9.33. The Morgan fingerprint density at radius 3 is 1.73 bits per heavy atom. The van der Waals surface area contributed by atoms with Crippen LogP contribution in [0.5, 0.6) is 11.8 Å². The van der Waals surface area contributed by atoms with Crippen molar-refractivity contribution < 1.29 is 10.2 Å². The third-order valence-electron chi connectivity index (χ3n) is 1.41. The fraction of sp³-hybridized carbons (Fsp3) is 0.333. The van der Waals surface area contributed by atoms with Gasteiger partial charge in [0.15, 0.2) is 0 Å². The van der Waals surface area contributed by atoms with Gasteiger partial charge in [-0.25, -0.2) is 0 Å². The molecule has 0 amide bonds. The first-order valence-corrected chi connectivity index (χ1v) is 4.63. The van der Waals surface area contributed by atoms with Gasteiger partial charge in [-0.1, -0.05) is 0 Å². The van der Waals surface area contributed by atoms with Crippen LogP contribution in [0.1, 0.15) is 6.92 Å². The summed E-state index contributed by atoms with van der Waals surface area (Å²) in [5.41, 5.74) is 0. The van der Waals surface area contributed by atoms with Crippen LogP contribution in [0.25, 0.3) is 0 Å². The zero-order valence-corrected chi connectivity index (χ0v) is 8.98. The molecule has 0 saturated carbocycles. The Morgan fingerprint density at radius 1 is 1.18 bits per heavy atom. The van der Waals surface area contributed by atoms with Crippen molar-refractivity contribution in [1.29, 1.82) is 0 Å². The molecule has 0 radical (unpaired) electrons. The van der Waals surface area contributed by atoms with Crippen molar-refractivity contribution in [2.75, 3.05) is 0 Å². The van der Waals surface area contributed by atoms with E-state index < -0.39 is 0 Å². The first-order valence-electron chi connectivity index (χ1n) is 3.05. The molecule has 0 saturated heterocycles. The van der Waals surface area contributed by atoms with Crippen LogP contribution in [0.15, 0.2) is 8.95 Å². The summed E-state index contributed by atoms with van der Waals surface area (Å²) in [5, 5.41) is 18.7. The lowest BCUT2D eigenvalue weighted by Gasteiger charge is -2.00. The van der Waals surface area contributed by atoms with E-state index in [-0.39, 0.29) is 11.8 Å². The standard InChI is InChI=1S/C6H7Br2NO2/c1-2-9-5(10)3(7)4(8)6(9)11/h10-11H,2H2,1H3. The lowest BCUT2D eigenvalue weighted by Crippen LogP contribution is -1.90. The molecule has 0 aromatic carbocycles. The minimum atomic E-state index is 0.0388. The van der Waals surface area contributed by atoms with Gasteiger partial charge in [0.05, 0.1) is 8.95 Å². The Labute approximate surface area is 80.9 Å². The maximum Gasteiger partial charge on any atom is 0.209 e. The largest absolute Gasteiger partial charge is 0.494 e. The van der Waals surface area contributed by atoms with Crippen LogP contribution in [0.3, 0.4) is 0 Å². The van der Waals surface area contributed by atoms with Crippen LogP contribution in [0, 0.1) is 0 Å². The van der Waals surface area contributed by atoms with Gasteiger partial charge < -0.3 is 10.2 Å². The van der Waals surface area contributed by atoms with E-state index in [1.165, 1.54) is 4.57 Å². The molecule has 0 bridgehead atoms. The summed E-state index contributed by atoms with van der Waals surface area (Å²) in [6.07, 6.45) is 0. The first-order chi connectivity index (χ1) is 5.09. The van der Waals surface area contributed by atoms with Crippen molar-refractivity contribution in [3.05, 3.63) is 8.95 Å². The van der Waals surface area contributed by atoms with Crippen LogP contribution < -0.4 is 0 Å². The summed E-state index contributed by atoms with van der Waals surface area (Å²) >= 11 is 6.23. The van der Waals surface area contributed by atoms with Gasteiger partial charge in [0.1, 0.15) is 0 Å². The van der Waals surface area contributed by atoms with E-state index in [0.29, 0.717) is 15.5 Å². The van der Waals surface area contributed by atoms with E-state index in [0.717, 1.165) is 0 Å². The van der Waals surface area contributed by atoms with Crippen molar-refractivity contribution in [3.63, 3.8) is 0 Å². The van der Waals surface area contributed by atoms with E-state index in [4.69, 9.17) is 0 Å². The number of nitrogens with zero attached hydrogens (tertiary/aromatic N) is 1. The highest BCUT2D eigenvalue weighted by molar-refractivity contribution is 9.13. The van der Waals surface area contributed by atoms with Crippen LogP contribution in [0.2, 0.25) is 0 Å². The molecular weight excluding hydrogens is 278 g/mol. The monoisotopic (exact) mass is 283 g/mol. The highest BCUT2D eigenvalue weighted by atomic mass is 79.9. The van der Waals surface area contributed by atoms with E-state index >= 15 is 0 Å². The molecule has 62 valence electrons. The van der Waals surface area contributed by atoms with Crippen molar-refractivity contribution in [2.24, 2.45) is 0 Å². The summed E-state index contributed by atoms with van der Waals surface area (Å²) in [6, 6.07) is 0. The molecule has 1 heterocycles. The number of halogens is 2. The first kappa shape index (κ1) is 8.93. The minimum absolute atomic E-state index is 0.0388. The van der Waals surface area contributed by atoms with Crippen LogP contribution in [-0.4, -0.2) is 14.8 Å². The van der Waals surface area contributed by atoms with Gasteiger partial charge in [0.2, 0.25) is 11.8 Å². The van der Waals surface area contributed by atoms with Crippen molar-refractivity contribution in [2.45, 2.75) is 13.5 Å². The highest BCUT2D eigenvalue weighted by Crippen LogP contribution is 2.41. The van der Waals surface area contributed by atoms with Gasteiger partial charge in [-0.05, 0) is 38.8 Å². The van der Waals surface area contributed by atoms with Crippen molar-refractivity contribution >= 4 is 31.9 Å². The van der Waals surface area contributed by atoms with E-state index in [9.17, 15) is 10.2 Å². The van der Waals surface area contributed by atoms with Crippen LogP contribution >= 0.6 is 31.9 Å². The molecule has 1 rings (SSSR count). The predicted molar refractivity (Wildman–Crippen MR) is 48.8 cm³/mol. The average molecular weight is 285 g/mol. The molecule has 0 aliphatic carbocycles. The second-order valence-electron chi connectivity index (χ2n) is 2.02. The Kier molecular flexibility index (Phi) is 2.49.